The Morgan fingerprint density at radius 3 is 2.57 bits per heavy atom. The molecule has 0 radical (unpaired) electrons. The second kappa shape index (κ2) is 3.92. The Kier molecular flexibility index (Phi) is 3.06. The van der Waals surface area contributed by atoms with E-state index >= 15 is 0 Å². The van der Waals surface area contributed by atoms with Gasteiger partial charge >= 0.3 is 6.18 Å². The molecule has 14 heavy (non-hydrogen) atoms. The van der Waals surface area contributed by atoms with Crippen molar-refractivity contribution in [3.63, 3.8) is 0 Å². The summed E-state index contributed by atoms with van der Waals surface area (Å²) in [5.41, 5.74) is 0.0738. The summed E-state index contributed by atoms with van der Waals surface area (Å²) in [5, 5.41) is 8.76. The van der Waals surface area contributed by atoms with Crippen LogP contribution in [0.1, 0.15) is 17.1 Å². The Morgan fingerprint density at radius 2 is 2.14 bits per heavy atom. The van der Waals surface area contributed by atoms with Gasteiger partial charge in [0.15, 0.2) is 0 Å². The van der Waals surface area contributed by atoms with Gasteiger partial charge in [0.25, 0.3) is 0 Å². The van der Waals surface area contributed by atoms with Gasteiger partial charge in [0, 0.05) is 17.1 Å². The number of hydrogen-bond donors (Lipinski definition) is 0. The zero-order valence-electron chi connectivity index (χ0n) is 6.64. The molecule has 1 rings (SSSR count). The molecule has 0 saturated heterocycles. The molecule has 0 fully saturated rings. The van der Waals surface area contributed by atoms with Gasteiger partial charge in [-0.2, -0.15) is 18.4 Å². The van der Waals surface area contributed by atoms with Crippen LogP contribution in [0.15, 0.2) is 6.20 Å². The number of hydrogen-bond acceptors (Lipinski definition) is 3. The zero-order valence-corrected chi connectivity index (χ0v) is 8.22. The first kappa shape index (κ1) is 10.9. The molecular formula is C7H3BrF3N3. The predicted molar refractivity (Wildman–Crippen MR) is 44.4 cm³/mol. The lowest BCUT2D eigenvalue weighted by Gasteiger charge is -2.05. The van der Waals surface area contributed by atoms with E-state index in [2.05, 4.69) is 25.9 Å². The topological polar surface area (TPSA) is 49.6 Å². The fraction of sp³-hybridized carbons (Fsp3) is 0.286. The average molecular weight is 266 g/mol. The van der Waals surface area contributed by atoms with Crippen LogP contribution < -0.4 is 0 Å². The molecule has 0 aliphatic rings. The van der Waals surface area contributed by atoms with E-state index in [0.717, 1.165) is 6.20 Å². The van der Waals surface area contributed by atoms with Gasteiger partial charge in [-0.05, 0) is 0 Å². The van der Waals surface area contributed by atoms with Crippen LogP contribution in [0.3, 0.4) is 0 Å². The van der Waals surface area contributed by atoms with Gasteiger partial charge in [-0.3, -0.25) is 0 Å². The standard InChI is InChI=1S/C7H3BrF3N3/c8-1-4-3-13-6(7(9,10)11)14-5(4)2-12/h3H,1H2. The van der Waals surface area contributed by atoms with Gasteiger partial charge in [0.1, 0.15) is 11.8 Å². The molecule has 0 amide bonds. The molecule has 0 unspecified atom stereocenters. The minimum atomic E-state index is -4.61. The maximum Gasteiger partial charge on any atom is 0.451 e. The van der Waals surface area contributed by atoms with Crippen molar-refractivity contribution < 1.29 is 13.2 Å². The molecule has 1 aromatic heterocycles. The Bertz CT molecular complexity index is 383. The number of nitriles is 1. The lowest BCUT2D eigenvalue weighted by molar-refractivity contribution is -0.145. The number of alkyl halides is 4. The molecule has 3 nitrogen and oxygen atoms in total. The van der Waals surface area contributed by atoms with Crippen LogP contribution in [0.4, 0.5) is 13.2 Å². The number of halogens is 4. The highest BCUT2D eigenvalue weighted by molar-refractivity contribution is 9.08. The van der Waals surface area contributed by atoms with Crippen molar-refractivity contribution >= 4 is 15.9 Å². The van der Waals surface area contributed by atoms with E-state index in [-0.39, 0.29) is 11.0 Å². The minimum absolute atomic E-state index is 0.244. The summed E-state index contributed by atoms with van der Waals surface area (Å²) in [6.45, 7) is 0. The van der Waals surface area contributed by atoms with Crippen LogP contribution in [0.25, 0.3) is 0 Å². The largest absolute Gasteiger partial charge is 0.451 e. The molecule has 0 aliphatic heterocycles. The first-order valence-corrected chi connectivity index (χ1v) is 4.50. The second-order valence-corrected chi connectivity index (χ2v) is 2.87. The number of rotatable bonds is 1. The summed E-state index contributed by atoms with van der Waals surface area (Å²) in [6.07, 6.45) is -3.63. The normalized spacial score (nSPS) is 11.1. The van der Waals surface area contributed by atoms with Gasteiger partial charge in [0.2, 0.25) is 5.82 Å². The summed E-state index contributed by atoms with van der Waals surface area (Å²) in [4.78, 5) is 6.22. The first-order chi connectivity index (χ1) is 6.49. The summed E-state index contributed by atoms with van der Waals surface area (Å²) in [5.74, 6) is -1.29. The van der Waals surface area contributed by atoms with E-state index in [1.54, 1.807) is 6.07 Å². The molecule has 1 heterocycles. The highest BCUT2D eigenvalue weighted by Crippen LogP contribution is 2.26. The Labute approximate surface area is 85.7 Å². The zero-order chi connectivity index (χ0) is 10.8. The Balaban J connectivity index is 3.23. The molecule has 0 aliphatic carbocycles. The van der Waals surface area contributed by atoms with Crippen molar-refractivity contribution in [1.29, 1.82) is 5.26 Å². The third-order valence-electron chi connectivity index (χ3n) is 1.37. The maximum atomic E-state index is 12.1. The molecule has 0 N–H and O–H groups in total. The van der Waals surface area contributed by atoms with E-state index in [1.165, 1.54) is 0 Å². The van der Waals surface area contributed by atoms with Crippen LogP contribution in [0.2, 0.25) is 0 Å². The van der Waals surface area contributed by atoms with Crippen LogP contribution >= 0.6 is 15.9 Å². The number of nitrogens with zero attached hydrogens (tertiary/aromatic N) is 3. The van der Waals surface area contributed by atoms with Crippen LogP contribution in [-0.4, -0.2) is 9.97 Å². The van der Waals surface area contributed by atoms with Crippen molar-refractivity contribution in [3.05, 3.63) is 23.3 Å². The fourth-order valence-electron chi connectivity index (χ4n) is 0.738. The van der Waals surface area contributed by atoms with E-state index in [4.69, 9.17) is 5.26 Å². The molecule has 0 bridgehead atoms. The molecule has 74 valence electrons. The van der Waals surface area contributed by atoms with Crippen LogP contribution in [0, 0.1) is 11.3 Å². The second-order valence-electron chi connectivity index (χ2n) is 2.31. The average Bonchev–Trinajstić information content (AvgIpc) is 2.15. The summed E-state index contributed by atoms with van der Waals surface area (Å²) < 4.78 is 36.3. The smallest absolute Gasteiger partial charge is 0.233 e. The van der Waals surface area contributed by atoms with Crippen LogP contribution in [0.5, 0.6) is 0 Å². The molecule has 0 atom stereocenters. The molecule has 0 spiro atoms. The van der Waals surface area contributed by atoms with Gasteiger partial charge < -0.3 is 0 Å². The molecule has 1 aromatic rings. The quantitative estimate of drug-likeness (QED) is 0.732. The third-order valence-corrected chi connectivity index (χ3v) is 1.97. The molecule has 0 aromatic carbocycles. The summed E-state index contributed by atoms with van der Waals surface area (Å²) in [6, 6.07) is 1.58. The van der Waals surface area contributed by atoms with Crippen molar-refractivity contribution in [1.82, 2.24) is 9.97 Å². The lowest BCUT2D eigenvalue weighted by Crippen LogP contribution is -2.12. The van der Waals surface area contributed by atoms with Crippen molar-refractivity contribution in [3.8, 4) is 6.07 Å². The summed E-state index contributed by atoms with van der Waals surface area (Å²) in [7, 11) is 0. The van der Waals surface area contributed by atoms with E-state index in [1.807, 2.05) is 0 Å². The highest BCUT2D eigenvalue weighted by Gasteiger charge is 2.35. The van der Waals surface area contributed by atoms with Gasteiger partial charge in [-0.1, -0.05) is 15.9 Å². The van der Waals surface area contributed by atoms with Crippen LogP contribution in [-0.2, 0) is 11.5 Å². The molecular weight excluding hydrogens is 263 g/mol. The van der Waals surface area contributed by atoms with Crippen molar-refractivity contribution in [2.75, 3.05) is 0 Å². The summed E-state index contributed by atoms with van der Waals surface area (Å²) >= 11 is 3.01. The number of aromatic nitrogens is 2. The van der Waals surface area contributed by atoms with Gasteiger partial charge in [0.05, 0.1) is 0 Å². The SMILES string of the molecule is N#Cc1nc(C(F)(F)F)ncc1CBr. The van der Waals surface area contributed by atoms with Gasteiger partial charge in [-0.25, -0.2) is 9.97 Å². The predicted octanol–water partition coefficient (Wildman–Crippen LogP) is 2.26. The Morgan fingerprint density at radius 1 is 1.50 bits per heavy atom. The molecule has 7 heteroatoms. The van der Waals surface area contributed by atoms with E-state index in [9.17, 15) is 13.2 Å². The Hall–Kier alpha value is -1.16. The van der Waals surface area contributed by atoms with E-state index < -0.39 is 12.0 Å². The monoisotopic (exact) mass is 265 g/mol. The minimum Gasteiger partial charge on any atom is -0.233 e. The first-order valence-electron chi connectivity index (χ1n) is 3.38. The molecule has 0 saturated carbocycles. The maximum absolute atomic E-state index is 12.1. The van der Waals surface area contributed by atoms with Gasteiger partial charge in [-0.15, -0.1) is 0 Å². The van der Waals surface area contributed by atoms with Crippen molar-refractivity contribution in [2.24, 2.45) is 0 Å². The lowest BCUT2D eigenvalue weighted by atomic mass is 10.3. The third kappa shape index (κ3) is 2.20. The highest BCUT2D eigenvalue weighted by atomic mass is 79.9. The van der Waals surface area contributed by atoms with Crippen molar-refractivity contribution in [2.45, 2.75) is 11.5 Å². The fourth-order valence-corrected chi connectivity index (χ4v) is 1.15. The van der Waals surface area contributed by atoms with E-state index in [0.29, 0.717) is 5.56 Å².